The summed E-state index contributed by atoms with van der Waals surface area (Å²) in [4.78, 5) is 7.82. The molecule has 0 aliphatic carbocycles. The summed E-state index contributed by atoms with van der Waals surface area (Å²) in [5.74, 6) is 0.972. The molecule has 1 atom stereocenters. The lowest BCUT2D eigenvalue weighted by Gasteiger charge is -2.48. The number of rotatable bonds is 7. The summed E-state index contributed by atoms with van der Waals surface area (Å²) in [6, 6.07) is 10.1. The van der Waals surface area contributed by atoms with Crippen LogP contribution in [-0.2, 0) is 6.54 Å². The lowest BCUT2D eigenvalue weighted by atomic mass is 9.97. The van der Waals surface area contributed by atoms with Gasteiger partial charge >= 0.3 is 0 Å². The van der Waals surface area contributed by atoms with Crippen molar-refractivity contribution in [1.82, 2.24) is 14.7 Å². The Labute approximate surface area is 164 Å². The summed E-state index contributed by atoms with van der Waals surface area (Å²) in [5, 5.41) is 9.63. The maximum absolute atomic E-state index is 9.63. The monoisotopic (exact) mass is 375 g/mol. The number of methoxy groups -OCH3 is 1. The first-order valence-corrected chi connectivity index (χ1v) is 10.6. The zero-order chi connectivity index (χ0) is 19.2. The van der Waals surface area contributed by atoms with Crippen molar-refractivity contribution in [2.75, 3.05) is 46.4 Å². The molecule has 27 heavy (non-hydrogen) atoms. The van der Waals surface area contributed by atoms with Crippen molar-refractivity contribution in [3.05, 3.63) is 29.8 Å². The normalized spacial score (nSPS) is 23.8. The molecule has 2 aliphatic heterocycles. The van der Waals surface area contributed by atoms with Gasteiger partial charge in [0, 0.05) is 56.5 Å². The van der Waals surface area contributed by atoms with E-state index >= 15 is 0 Å². The number of aliphatic hydroxyl groups excluding tert-OH is 1. The predicted molar refractivity (Wildman–Crippen MR) is 110 cm³/mol. The molecule has 1 aromatic rings. The molecule has 1 N–H and O–H groups in total. The Morgan fingerprint density at radius 2 is 1.85 bits per heavy atom. The molecule has 5 nitrogen and oxygen atoms in total. The number of para-hydroxylation sites is 1. The van der Waals surface area contributed by atoms with E-state index in [0.717, 1.165) is 38.3 Å². The maximum atomic E-state index is 9.63. The van der Waals surface area contributed by atoms with Crippen LogP contribution in [0.25, 0.3) is 0 Å². The Balaban J connectivity index is 1.60. The lowest BCUT2D eigenvalue weighted by molar-refractivity contribution is -0.000191. The number of nitrogens with zero attached hydrogens (tertiary/aromatic N) is 3. The molecule has 3 rings (SSSR count). The standard InChI is InChI=1S/C22H37N3O2/c1-18(2)24-11-8-20(9-12-24)25-14-13-23(17-21(25)10-15-26)16-19-6-4-5-7-22(19)27-3/h4-7,18,20-21,26H,8-17H2,1-3H3. The highest BCUT2D eigenvalue weighted by Crippen LogP contribution is 2.26. The van der Waals surface area contributed by atoms with Crippen LogP contribution in [-0.4, -0.2) is 84.4 Å². The van der Waals surface area contributed by atoms with E-state index in [1.54, 1.807) is 7.11 Å². The first-order chi connectivity index (χ1) is 13.1. The first kappa shape index (κ1) is 20.6. The average molecular weight is 376 g/mol. The molecule has 2 heterocycles. The molecule has 0 amide bonds. The van der Waals surface area contributed by atoms with Crippen LogP contribution in [0, 0.1) is 0 Å². The van der Waals surface area contributed by atoms with Crippen LogP contribution in [0.4, 0.5) is 0 Å². The quantitative estimate of drug-likeness (QED) is 0.793. The number of hydrogen-bond acceptors (Lipinski definition) is 5. The highest BCUT2D eigenvalue weighted by molar-refractivity contribution is 5.33. The van der Waals surface area contributed by atoms with E-state index < -0.39 is 0 Å². The Morgan fingerprint density at radius 1 is 1.11 bits per heavy atom. The van der Waals surface area contributed by atoms with Gasteiger partial charge in [-0.05, 0) is 52.3 Å². The lowest BCUT2D eigenvalue weighted by Crippen LogP contribution is -2.58. The summed E-state index contributed by atoms with van der Waals surface area (Å²) < 4.78 is 5.53. The van der Waals surface area contributed by atoms with Gasteiger partial charge < -0.3 is 14.7 Å². The Hall–Kier alpha value is -1.14. The zero-order valence-corrected chi connectivity index (χ0v) is 17.3. The maximum Gasteiger partial charge on any atom is 0.123 e. The van der Waals surface area contributed by atoms with E-state index in [1.807, 2.05) is 12.1 Å². The molecule has 5 heteroatoms. The van der Waals surface area contributed by atoms with Gasteiger partial charge in [-0.25, -0.2) is 0 Å². The van der Waals surface area contributed by atoms with Crippen LogP contribution in [0.5, 0.6) is 5.75 Å². The van der Waals surface area contributed by atoms with Gasteiger partial charge in [-0.2, -0.15) is 0 Å². The number of benzene rings is 1. The van der Waals surface area contributed by atoms with E-state index in [0.29, 0.717) is 18.1 Å². The second-order valence-corrected chi connectivity index (χ2v) is 8.31. The van der Waals surface area contributed by atoms with Gasteiger partial charge in [0.25, 0.3) is 0 Å². The van der Waals surface area contributed by atoms with E-state index in [-0.39, 0.29) is 6.61 Å². The minimum Gasteiger partial charge on any atom is -0.496 e. The van der Waals surface area contributed by atoms with Gasteiger partial charge in [-0.1, -0.05) is 18.2 Å². The third kappa shape index (κ3) is 5.23. The molecule has 1 aromatic carbocycles. The molecule has 152 valence electrons. The zero-order valence-electron chi connectivity index (χ0n) is 17.3. The third-order valence-corrected chi connectivity index (χ3v) is 6.36. The second kappa shape index (κ2) is 9.87. The highest BCUT2D eigenvalue weighted by atomic mass is 16.5. The van der Waals surface area contributed by atoms with Crippen LogP contribution in [0.15, 0.2) is 24.3 Å². The summed E-state index contributed by atoms with van der Waals surface area (Å²) in [7, 11) is 1.74. The Bertz CT molecular complexity index is 572. The number of piperazine rings is 1. The molecular weight excluding hydrogens is 338 g/mol. The molecule has 0 radical (unpaired) electrons. The summed E-state index contributed by atoms with van der Waals surface area (Å²) in [5.41, 5.74) is 1.25. The molecule has 0 saturated carbocycles. The van der Waals surface area contributed by atoms with Crippen LogP contribution in [0.3, 0.4) is 0 Å². The smallest absolute Gasteiger partial charge is 0.123 e. The molecule has 2 fully saturated rings. The minimum atomic E-state index is 0.272. The van der Waals surface area contributed by atoms with Crippen LogP contribution >= 0.6 is 0 Å². The Morgan fingerprint density at radius 3 is 2.52 bits per heavy atom. The number of ether oxygens (including phenoxy) is 1. The highest BCUT2D eigenvalue weighted by Gasteiger charge is 2.34. The summed E-state index contributed by atoms with van der Waals surface area (Å²) in [6.45, 7) is 11.4. The van der Waals surface area contributed by atoms with Crippen LogP contribution < -0.4 is 4.74 Å². The van der Waals surface area contributed by atoms with Gasteiger partial charge in [0.15, 0.2) is 0 Å². The first-order valence-electron chi connectivity index (χ1n) is 10.6. The Kier molecular flexibility index (Phi) is 7.53. The van der Waals surface area contributed by atoms with Gasteiger partial charge in [-0.3, -0.25) is 9.80 Å². The van der Waals surface area contributed by atoms with Crippen LogP contribution in [0.1, 0.15) is 38.7 Å². The van der Waals surface area contributed by atoms with E-state index in [4.69, 9.17) is 4.74 Å². The van der Waals surface area contributed by atoms with Crippen molar-refractivity contribution in [2.24, 2.45) is 0 Å². The van der Waals surface area contributed by atoms with Crippen molar-refractivity contribution in [1.29, 1.82) is 0 Å². The molecule has 2 aliphatic rings. The third-order valence-electron chi connectivity index (χ3n) is 6.36. The molecule has 2 saturated heterocycles. The largest absolute Gasteiger partial charge is 0.496 e. The number of likely N-dealkylation sites (tertiary alicyclic amines) is 1. The molecule has 0 bridgehead atoms. The SMILES string of the molecule is COc1ccccc1CN1CCN(C2CCN(C(C)C)CC2)C(CCO)C1. The number of piperidine rings is 1. The van der Waals surface area contributed by atoms with Crippen LogP contribution in [0.2, 0.25) is 0 Å². The van der Waals surface area contributed by atoms with E-state index in [9.17, 15) is 5.11 Å². The molecular formula is C22H37N3O2. The fourth-order valence-corrected chi connectivity index (χ4v) is 4.77. The molecule has 0 spiro atoms. The second-order valence-electron chi connectivity index (χ2n) is 8.31. The fraction of sp³-hybridized carbons (Fsp3) is 0.727. The molecule has 0 aromatic heterocycles. The van der Waals surface area contributed by atoms with E-state index in [1.165, 1.54) is 31.5 Å². The van der Waals surface area contributed by atoms with Crippen molar-refractivity contribution < 1.29 is 9.84 Å². The van der Waals surface area contributed by atoms with Crippen molar-refractivity contribution in [3.8, 4) is 5.75 Å². The van der Waals surface area contributed by atoms with Gasteiger partial charge in [0.1, 0.15) is 5.75 Å². The summed E-state index contributed by atoms with van der Waals surface area (Å²) >= 11 is 0. The average Bonchev–Trinajstić information content (AvgIpc) is 2.69. The summed E-state index contributed by atoms with van der Waals surface area (Å²) in [6.07, 6.45) is 3.38. The van der Waals surface area contributed by atoms with Gasteiger partial charge in [-0.15, -0.1) is 0 Å². The van der Waals surface area contributed by atoms with Crippen molar-refractivity contribution >= 4 is 0 Å². The topological polar surface area (TPSA) is 39.2 Å². The van der Waals surface area contributed by atoms with Crippen molar-refractivity contribution in [2.45, 2.75) is 57.8 Å². The van der Waals surface area contributed by atoms with Crippen molar-refractivity contribution in [3.63, 3.8) is 0 Å². The molecule has 1 unspecified atom stereocenters. The van der Waals surface area contributed by atoms with E-state index in [2.05, 4.69) is 40.7 Å². The minimum absolute atomic E-state index is 0.272. The number of aliphatic hydroxyl groups is 1. The fourth-order valence-electron chi connectivity index (χ4n) is 4.77. The van der Waals surface area contributed by atoms with Gasteiger partial charge in [0.05, 0.1) is 7.11 Å². The van der Waals surface area contributed by atoms with Gasteiger partial charge in [0.2, 0.25) is 0 Å². The number of hydrogen-bond donors (Lipinski definition) is 1. The predicted octanol–water partition coefficient (Wildman–Crippen LogP) is 2.44.